The maximum atomic E-state index is 9.78. The number of nitrogens with zero attached hydrogens (tertiary/aromatic N) is 2. The minimum Gasteiger partial charge on any atom is -0.494 e. The second-order valence-electron chi connectivity index (χ2n) is 6.12. The quantitative estimate of drug-likeness (QED) is 0.872. The minimum atomic E-state index is -0.437. The van der Waals surface area contributed by atoms with Gasteiger partial charge in [-0.2, -0.15) is 0 Å². The molecule has 21 heavy (non-hydrogen) atoms. The summed E-state index contributed by atoms with van der Waals surface area (Å²) < 4.78 is 5.74. The molecule has 1 heterocycles. The number of hydrogen-bond acceptors (Lipinski definition) is 4. The van der Waals surface area contributed by atoms with Crippen LogP contribution in [0.1, 0.15) is 37.5 Å². The molecule has 0 aliphatic carbocycles. The van der Waals surface area contributed by atoms with Gasteiger partial charge in [0.1, 0.15) is 5.75 Å². The van der Waals surface area contributed by atoms with Crippen molar-refractivity contribution < 1.29 is 9.84 Å². The minimum absolute atomic E-state index is 0.437. The van der Waals surface area contributed by atoms with Crippen molar-refractivity contribution in [2.75, 3.05) is 33.8 Å². The third-order valence-electron chi connectivity index (χ3n) is 4.24. The van der Waals surface area contributed by atoms with Gasteiger partial charge in [0.25, 0.3) is 0 Å². The summed E-state index contributed by atoms with van der Waals surface area (Å²) in [5, 5.41) is 9.78. The van der Waals surface area contributed by atoms with E-state index in [0.717, 1.165) is 30.9 Å². The van der Waals surface area contributed by atoms with Crippen LogP contribution in [0.2, 0.25) is 0 Å². The van der Waals surface area contributed by atoms with Crippen LogP contribution in [0, 0.1) is 0 Å². The smallest absolute Gasteiger partial charge is 0.123 e. The zero-order valence-corrected chi connectivity index (χ0v) is 13.7. The van der Waals surface area contributed by atoms with E-state index in [1.165, 1.54) is 12.0 Å². The van der Waals surface area contributed by atoms with Gasteiger partial charge in [0.05, 0.1) is 12.7 Å². The average molecular weight is 292 g/mol. The number of likely N-dealkylation sites (N-methyl/N-ethyl adjacent to an activating group) is 1. The summed E-state index contributed by atoms with van der Waals surface area (Å²) in [6.45, 7) is 7.58. The molecule has 1 aliphatic heterocycles. The predicted octanol–water partition coefficient (Wildman–Crippen LogP) is 2.27. The van der Waals surface area contributed by atoms with Crippen LogP contribution < -0.4 is 4.74 Å². The molecule has 4 nitrogen and oxygen atoms in total. The lowest BCUT2D eigenvalue weighted by Crippen LogP contribution is -2.31. The van der Waals surface area contributed by atoms with Crippen molar-refractivity contribution in [2.45, 2.75) is 39.0 Å². The molecular formula is C17H28N2O2. The highest BCUT2D eigenvalue weighted by Gasteiger charge is 2.24. The van der Waals surface area contributed by atoms with Gasteiger partial charge in [-0.1, -0.05) is 6.07 Å². The Morgan fingerprint density at radius 2 is 2.19 bits per heavy atom. The molecule has 0 aromatic heterocycles. The van der Waals surface area contributed by atoms with Crippen molar-refractivity contribution in [1.29, 1.82) is 0 Å². The molecule has 1 aromatic rings. The van der Waals surface area contributed by atoms with Gasteiger partial charge in [-0.25, -0.2) is 0 Å². The number of aliphatic hydroxyl groups is 1. The molecule has 0 amide bonds. The summed E-state index contributed by atoms with van der Waals surface area (Å²) >= 11 is 0. The van der Waals surface area contributed by atoms with E-state index in [4.69, 9.17) is 4.74 Å². The molecule has 2 rings (SSSR count). The van der Waals surface area contributed by atoms with Crippen LogP contribution in [0.15, 0.2) is 18.2 Å². The highest BCUT2D eigenvalue weighted by molar-refractivity contribution is 5.38. The fraction of sp³-hybridized carbons (Fsp3) is 0.647. The van der Waals surface area contributed by atoms with Crippen LogP contribution in [0.4, 0.5) is 0 Å². The molecule has 0 bridgehead atoms. The molecule has 4 heteroatoms. The van der Waals surface area contributed by atoms with Crippen LogP contribution >= 0.6 is 0 Å². The SMILES string of the molecule is CCOc1ccc(C(C)O)cc1CN1CCC(N(C)C)C1. The molecule has 1 fully saturated rings. The van der Waals surface area contributed by atoms with Crippen molar-refractivity contribution in [3.8, 4) is 5.75 Å². The zero-order valence-electron chi connectivity index (χ0n) is 13.7. The normalized spacial score (nSPS) is 21.0. The Morgan fingerprint density at radius 3 is 2.76 bits per heavy atom. The molecule has 1 aromatic carbocycles. The van der Waals surface area contributed by atoms with Gasteiger partial charge in [0.15, 0.2) is 0 Å². The van der Waals surface area contributed by atoms with E-state index in [1.807, 2.05) is 19.1 Å². The van der Waals surface area contributed by atoms with E-state index in [1.54, 1.807) is 6.92 Å². The molecule has 1 aliphatic rings. The molecule has 2 atom stereocenters. The average Bonchev–Trinajstić information content (AvgIpc) is 2.89. The van der Waals surface area contributed by atoms with Gasteiger partial charge in [0, 0.05) is 31.2 Å². The Labute approximate surface area is 128 Å². The van der Waals surface area contributed by atoms with Crippen molar-refractivity contribution in [3.05, 3.63) is 29.3 Å². The Bertz CT molecular complexity index is 460. The standard InChI is InChI=1S/C17H28N2O2/c1-5-21-17-7-6-14(13(2)20)10-15(17)11-19-9-8-16(12-19)18(3)4/h6-7,10,13,16,20H,5,8-9,11-12H2,1-4H3. The van der Waals surface area contributed by atoms with Crippen LogP contribution in [-0.2, 0) is 6.54 Å². The summed E-state index contributed by atoms with van der Waals surface area (Å²) in [6.07, 6.45) is 0.778. The van der Waals surface area contributed by atoms with Gasteiger partial charge < -0.3 is 14.7 Å². The van der Waals surface area contributed by atoms with E-state index in [0.29, 0.717) is 12.6 Å². The molecule has 0 saturated carbocycles. The number of hydrogen-bond donors (Lipinski definition) is 1. The molecule has 0 radical (unpaired) electrons. The van der Waals surface area contributed by atoms with Gasteiger partial charge in [-0.15, -0.1) is 0 Å². The number of ether oxygens (including phenoxy) is 1. The second kappa shape index (κ2) is 7.25. The lowest BCUT2D eigenvalue weighted by Gasteiger charge is -2.22. The van der Waals surface area contributed by atoms with Crippen LogP contribution in [0.25, 0.3) is 0 Å². The lowest BCUT2D eigenvalue weighted by molar-refractivity contribution is 0.198. The molecule has 1 N–H and O–H groups in total. The molecule has 118 valence electrons. The van der Waals surface area contributed by atoms with Gasteiger partial charge >= 0.3 is 0 Å². The lowest BCUT2D eigenvalue weighted by atomic mass is 10.1. The van der Waals surface area contributed by atoms with Gasteiger partial charge in [0.2, 0.25) is 0 Å². The Hall–Kier alpha value is -1.10. The number of aliphatic hydroxyl groups excluding tert-OH is 1. The van der Waals surface area contributed by atoms with E-state index < -0.39 is 6.10 Å². The summed E-state index contributed by atoms with van der Waals surface area (Å²) in [4.78, 5) is 4.77. The van der Waals surface area contributed by atoms with Gasteiger partial charge in [-0.05, 0) is 52.1 Å². The van der Waals surface area contributed by atoms with E-state index in [2.05, 4.69) is 30.0 Å². The Balaban J connectivity index is 2.12. The highest BCUT2D eigenvalue weighted by atomic mass is 16.5. The summed E-state index contributed by atoms with van der Waals surface area (Å²) in [5.74, 6) is 0.940. The first-order valence-electron chi connectivity index (χ1n) is 7.83. The fourth-order valence-electron chi connectivity index (χ4n) is 2.90. The maximum Gasteiger partial charge on any atom is 0.123 e. The second-order valence-corrected chi connectivity index (χ2v) is 6.12. The summed E-state index contributed by atoms with van der Waals surface area (Å²) in [6, 6.07) is 6.66. The number of likely N-dealkylation sites (tertiary alicyclic amines) is 1. The topological polar surface area (TPSA) is 35.9 Å². The maximum absolute atomic E-state index is 9.78. The molecule has 1 saturated heterocycles. The van der Waals surface area contributed by atoms with Crippen molar-refractivity contribution in [1.82, 2.24) is 9.80 Å². The summed E-state index contributed by atoms with van der Waals surface area (Å²) in [5.41, 5.74) is 2.13. The first-order valence-corrected chi connectivity index (χ1v) is 7.83. The van der Waals surface area contributed by atoms with Crippen LogP contribution in [-0.4, -0.2) is 54.7 Å². The third kappa shape index (κ3) is 4.19. The highest BCUT2D eigenvalue weighted by Crippen LogP contribution is 2.26. The third-order valence-corrected chi connectivity index (χ3v) is 4.24. The van der Waals surface area contributed by atoms with Crippen molar-refractivity contribution in [3.63, 3.8) is 0 Å². The van der Waals surface area contributed by atoms with E-state index >= 15 is 0 Å². The van der Waals surface area contributed by atoms with E-state index in [9.17, 15) is 5.11 Å². The Morgan fingerprint density at radius 1 is 1.43 bits per heavy atom. The van der Waals surface area contributed by atoms with E-state index in [-0.39, 0.29) is 0 Å². The first kappa shape index (κ1) is 16.3. The Kier molecular flexibility index (Phi) is 5.62. The zero-order chi connectivity index (χ0) is 15.4. The number of benzene rings is 1. The molecule has 0 spiro atoms. The van der Waals surface area contributed by atoms with Crippen molar-refractivity contribution >= 4 is 0 Å². The first-order chi connectivity index (χ1) is 10.0. The molecular weight excluding hydrogens is 264 g/mol. The number of rotatable bonds is 6. The summed E-state index contributed by atoms with van der Waals surface area (Å²) in [7, 11) is 4.29. The largest absolute Gasteiger partial charge is 0.494 e. The van der Waals surface area contributed by atoms with Crippen LogP contribution in [0.3, 0.4) is 0 Å². The predicted molar refractivity (Wildman–Crippen MR) is 85.6 cm³/mol. The van der Waals surface area contributed by atoms with Gasteiger partial charge in [-0.3, -0.25) is 4.90 Å². The monoisotopic (exact) mass is 292 g/mol. The van der Waals surface area contributed by atoms with Crippen LogP contribution in [0.5, 0.6) is 5.75 Å². The van der Waals surface area contributed by atoms with Crippen molar-refractivity contribution in [2.24, 2.45) is 0 Å². The molecule has 2 unspecified atom stereocenters. The fourth-order valence-corrected chi connectivity index (χ4v) is 2.90.